The lowest BCUT2D eigenvalue weighted by Crippen LogP contribution is -2.39. The molecule has 1 saturated heterocycles. The molecule has 0 aliphatic carbocycles. The lowest BCUT2D eigenvalue weighted by atomic mass is 9.99. The van der Waals surface area contributed by atoms with Crippen LogP contribution in [-0.2, 0) is 4.74 Å². The average molecular weight is 201 g/mol. The lowest BCUT2D eigenvalue weighted by molar-refractivity contribution is 0.0280. The molecule has 1 aliphatic rings. The Hall–Kier alpha value is -0.120. The van der Waals surface area contributed by atoms with E-state index in [0.717, 1.165) is 39.3 Å². The van der Waals surface area contributed by atoms with Crippen LogP contribution in [0.4, 0.5) is 0 Å². The summed E-state index contributed by atoms with van der Waals surface area (Å²) in [4.78, 5) is 2.46. The fraction of sp³-hybridized carbons (Fsp3) is 1.00. The molecule has 3 nitrogen and oxygen atoms in total. The van der Waals surface area contributed by atoms with Gasteiger partial charge in [-0.2, -0.15) is 0 Å². The van der Waals surface area contributed by atoms with Gasteiger partial charge in [0.15, 0.2) is 0 Å². The van der Waals surface area contributed by atoms with E-state index in [0.29, 0.717) is 12.5 Å². The topological polar surface area (TPSA) is 32.7 Å². The fourth-order valence-electron chi connectivity index (χ4n) is 2.07. The highest BCUT2D eigenvalue weighted by Gasteiger charge is 2.15. The molecule has 0 spiro atoms. The molecule has 0 bridgehead atoms. The third kappa shape index (κ3) is 4.40. The third-order valence-corrected chi connectivity index (χ3v) is 2.85. The van der Waals surface area contributed by atoms with E-state index in [1.807, 2.05) is 0 Å². The van der Waals surface area contributed by atoms with Crippen molar-refractivity contribution < 1.29 is 9.84 Å². The van der Waals surface area contributed by atoms with Crippen molar-refractivity contribution in [3.05, 3.63) is 0 Å². The maximum atomic E-state index is 8.95. The minimum Gasteiger partial charge on any atom is -0.396 e. The maximum absolute atomic E-state index is 8.95. The second kappa shape index (κ2) is 7.21. The zero-order chi connectivity index (χ0) is 10.2. The fourth-order valence-corrected chi connectivity index (χ4v) is 2.07. The van der Waals surface area contributed by atoms with Gasteiger partial charge in [-0.15, -0.1) is 0 Å². The van der Waals surface area contributed by atoms with Crippen molar-refractivity contribution in [1.29, 1.82) is 0 Å². The molecule has 84 valence electrons. The van der Waals surface area contributed by atoms with E-state index in [1.54, 1.807) is 0 Å². The van der Waals surface area contributed by atoms with Crippen LogP contribution < -0.4 is 0 Å². The Morgan fingerprint density at radius 1 is 1.29 bits per heavy atom. The van der Waals surface area contributed by atoms with Gasteiger partial charge in [0.05, 0.1) is 13.2 Å². The average Bonchev–Trinajstić information content (AvgIpc) is 2.20. The molecule has 14 heavy (non-hydrogen) atoms. The third-order valence-electron chi connectivity index (χ3n) is 2.85. The van der Waals surface area contributed by atoms with Gasteiger partial charge in [0.1, 0.15) is 0 Å². The highest BCUT2D eigenvalue weighted by molar-refractivity contribution is 4.68. The lowest BCUT2D eigenvalue weighted by Gasteiger charge is -2.30. The van der Waals surface area contributed by atoms with Crippen molar-refractivity contribution in [3.8, 4) is 0 Å². The Labute approximate surface area is 87.1 Å². The summed E-state index contributed by atoms with van der Waals surface area (Å²) in [5.41, 5.74) is 0. The smallest absolute Gasteiger partial charge is 0.0594 e. The molecular formula is C11H23NO2. The number of ether oxygens (including phenoxy) is 1. The van der Waals surface area contributed by atoms with E-state index in [1.165, 1.54) is 12.8 Å². The Morgan fingerprint density at radius 3 is 2.57 bits per heavy atom. The van der Waals surface area contributed by atoms with Gasteiger partial charge in [-0.05, 0) is 18.8 Å². The van der Waals surface area contributed by atoms with E-state index >= 15 is 0 Å². The van der Waals surface area contributed by atoms with Crippen molar-refractivity contribution in [2.24, 2.45) is 5.92 Å². The quantitative estimate of drug-likeness (QED) is 0.699. The van der Waals surface area contributed by atoms with Crippen molar-refractivity contribution in [2.45, 2.75) is 26.2 Å². The summed E-state index contributed by atoms with van der Waals surface area (Å²) in [6.45, 7) is 7.55. The molecule has 0 radical (unpaired) electrons. The van der Waals surface area contributed by atoms with E-state index in [-0.39, 0.29) is 0 Å². The predicted octanol–water partition coefficient (Wildman–Crippen LogP) is 1.12. The van der Waals surface area contributed by atoms with Crippen LogP contribution in [0.5, 0.6) is 0 Å². The molecule has 1 aliphatic heterocycles. The van der Waals surface area contributed by atoms with Crippen LogP contribution in [0.15, 0.2) is 0 Å². The van der Waals surface area contributed by atoms with Crippen molar-refractivity contribution >= 4 is 0 Å². The van der Waals surface area contributed by atoms with Crippen molar-refractivity contribution in [1.82, 2.24) is 4.90 Å². The first kappa shape index (κ1) is 12.0. The summed E-state index contributed by atoms with van der Waals surface area (Å²) in [5.74, 6) is 0.670. The Bertz CT molecular complexity index is 129. The van der Waals surface area contributed by atoms with Crippen LogP contribution in [-0.4, -0.2) is 49.5 Å². The van der Waals surface area contributed by atoms with Gasteiger partial charge < -0.3 is 9.84 Å². The summed E-state index contributed by atoms with van der Waals surface area (Å²) in [6, 6.07) is 0. The van der Waals surface area contributed by atoms with Crippen LogP contribution in [0.2, 0.25) is 0 Å². The molecule has 0 amide bonds. The molecule has 1 fully saturated rings. The molecule has 0 saturated carbocycles. The second-order valence-corrected chi connectivity index (χ2v) is 4.08. The second-order valence-electron chi connectivity index (χ2n) is 4.08. The standard InChI is InChI=1S/C11H23NO2/c1-2-3-11(4-7-13)10-12-5-8-14-9-6-12/h11,13H,2-10H2,1H3. The van der Waals surface area contributed by atoms with Gasteiger partial charge in [0, 0.05) is 26.2 Å². The van der Waals surface area contributed by atoms with Gasteiger partial charge in [0.25, 0.3) is 0 Å². The molecule has 1 N–H and O–H groups in total. The SMILES string of the molecule is CCCC(CCO)CN1CCOCC1. The maximum Gasteiger partial charge on any atom is 0.0594 e. The van der Waals surface area contributed by atoms with E-state index in [2.05, 4.69) is 11.8 Å². The van der Waals surface area contributed by atoms with Gasteiger partial charge in [-0.1, -0.05) is 13.3 Å². The van der Waals surface area contributed by atoms with Crippen LogP contribution in [0, 0.1) is 5.92 Å². The van der Waals surface area contributed by atoms with Gasteiger partial charge in [-0.3, -0.25) is 4.90 Å². The summed E-state index contributed by atoms with van der Waals surface area (Å²) in [5, 5.41) is 8.95. The predicted molar refractivity (Wildman–Crippen MR) is 57.4 cm³/mol. The number of hydrogen-bond donors (Lipinski definition) is 1. The first-order valence-corrected chi connectivity index (χ1v) is 5.77. The largest absolute Gasteiger partial charge is 0.396 e. The first-order chi connectivity index (χ1) is 6.86. The Morgan fingerprint density at radius 2 is 2.00 bits per heavy atom. The van der Waals surface area contributed by atoms with Crippen LogP contribution in [0.25, 0.3) is 0 Å². The number of aliphatic hydroxyl groups excluding tert-OH is 1. The summed E-state index contributed by atoms with van der Waals surface area (Å²) < 4.78 is 5.31. The number of nitrogens with zero attached hydrogens (tertiary/aromatic N) is 1. The van der Waals surface area contributed by atoms with E-state index in [9.17, 15) is 0 Å². The normalized spacial score (nSPS) is 21.0. The zero-order valence-electron chi connectivity index (χ0n) is 9.24. The molecule has 0 aromatic carbocycles. The molecule has 1 rings (SSSR count). The first-order valence-electron chi connectivity index (χ1n) is 5.77. The molecule has 3 heteroatoms. The minimum absolute atomic E-state index is 0.328. The van der Waals surface area contributed by atoms with Crippen LogP contribution in [0.1, 0.15) is 26.2 Å². The molecular weight excluding hydrogens is 178 g/mol. The molecule has 1 heterocycles. The molecule has 0 aromatic rings. The van der Waals surface area contributed by atoms with Crippen LogP contribution in [0.3, 0.4) is 0 Å². The summed E-state index contributed by atoms with van der Waals surface area (Å²) >= 11 is 0. The Balaban J connectivity index is 2.21. The molecule has 1 atom stereocenters. The monoisotopic (exact) mass is 201 g/mol. The number of hydrogen-bond acceptors (Lipinski definition) is 3. The van der Waals surface area contributed by atoms with Crippen LogP contribution >= 0.6 is 0 Å². The Kier molecular flexibility index (Phi) is 6.15. The van der Waals surface area contributed by atoms with Crippen molar-refractivity contribution in [3.63, 3.8) is 0 Å². The molecule has 1 unspecified atom stereocenters. The van der Waals surface area contributed by atoms with Gasteiger partial charge in [0.2, 0.25) is 0 Å². The van der Waals surface area contributed by atoms with Gasteiger partial charge >= 0.3 is 0 Å². The summed E-state index contributed by atoms with van der Waals surface area (Å²) in [7, 11) is 0. The van der Waals surface area contributed by atoms with Gasteiger partial charge in [-0.25, -0.2) is 0 Å². The highest BCUT2D eigenvalue weighted by Crippen LogP contribution is 2.13. The number of aliphatic hydroxyl groups is 1. The summed E-state index contributed by atoms with van der Waals surface area (Å²) in [6.07, 6.45) is 3.40. The molecule has 0 aromatic heterocycles. The van der Waals surface area contributed by atoms with Crippen molar-refractivity contribution in [2.75, 3.05) is 39.5 Å². The van der Waals surface area contributed by atoms with E-state index in [4.69, 9.17) is 9.84 Å². The highest BCUT2D eigenvalue weighted by atomic mass is 16.5. The van der Waals surface area contributed by atoms with E-state index < -0.39 is 0 Å². The zero-order valence-corrected chi connectivity index (χ0v) is 9.24. The minimum atomic E-state index is 0.328. The number of morpholine rings is 1. The number of rotatable bonds is 6.